The van der Waals surface area contributed by atoms with Crippen LogP contribution in [0.1, 0.15) is 11.1 Å². The molecule has 0 radical (unpaired) electrons. The van der Waals surface area contributed by atoms with Gasteiger partial charge in [-0.15, -0.1) is 0 Å². The summed E-state index contributed by atoms with van der Waals surface area (Å²) in [4.78, 5) is 0. The summed E-state index contributed by atoms with van der Waals surface area (Å²) in [5, 5.41) is 18.9. The second-order valence-corrected chi connectivity index (χ2v) is 3.97. The number of hydrogen-bond donors (Lipinski definition) is 2. The predicted molar refractivity (Wildman–Crippen MR) is 64.7 cm³/mol. The van der Waals surface area contributed by atoms with Crippen molar-refractivity contribution in [2.24, 2.45) is 0 Å². The molecule has 0 heterocycles. The predicted octanol–water partition coefficient (Wildman–Crippen LogP) is 3.38. The molecule has 82 valence electrons. The first-order valence-corrected chi connectivity index (χ1v) is 5.18. The number of aromatic hydroxyl groups is 2. The number of phenols is 2. The zero-order valence-corrected chi connectivity index (χ0v) is 9.36. The Bertz CT molecular complexity index is 530. The minimum atomic E-state index is -0.0798. The summed E-state index contributed by atoms with van der Waals surface area (Å²) in [6.45, 7) is 3.94. The first-order valence-electron chi connectivity index (χ1n) is 5.18. The van der Waals surface area contributed by atoms with Gasteiger partial charge < -0.3 is 10.2 Å². The summed E-state index contributed by atoms with van der Waals surface area (Å²) >= 11 is 0. The molecule has 0 aromatic heterocycles. The van der Waals surface area contributed by atoms with Crippen LogP contribution in [0.2, 0.25) is 0 Å². The Balaban J connectivity index is 2.65. The Morgan fingerprint density at radius 3 is 2.06 bits per heavy atom. The van der Waals surface area contributed by atoms with Crippen molar-refractivity contribution < 1.29 is 10.2 Å². The van der Waals surface area contributed by atoms with Gasteiger partial charge in [0.2, 0.25) is 0 Å². The molecule has 0 spiro atoms. The lowest BCUT2D eigenvalue weighted by Gasteiger charge is -2.10. The minimum absolute atomic E-state index is 0.0742. The molecule has 0 fully saturated rings. The molecule has 0 bridgehead atoms. The molecule has 0 saturated heterocycles. The Kier molecular flexibility index (Phi) is 2.57. The fourth-order valence-electron chi connectivity index (χ4n) is 1.85. The highest BCUT2D eigenvalue weighted by molar-refractivity contribution is 5.73. The fourth-order valence-corrected chi connectivity index (χ4v) is 1.85. The van der Waals surface area contributed by atoms with Gasteiger partial charge >= 0.3 is 0 Å². The number of aryl methyl sites for hydroxylation is 2. The zero-order valence-electron chi connectivity index (χ0n) is 9.36. The van der Waals surface area contributed by atoms with E-state index in [9.17, 15) is 10.2 Å². The van der Waals surface area contributed by atoms with Gasteiger partial charge in [0.1, 0.15) is 0 Å². The number of hydrogen-bond acceptors (Lipinski definition) is 2. The van der Waals surface area contributed by atoms with Crippen LogP contribution in [0, 0.1) is 13.8 Å². The summed E-state index contributed by atoms with van der Waals surface area (Å²) in [6, 6.07) is 11.2. The van der Waals surface area contributed by atoms with Crippen LogP contribution in [0.3, 0.4) is 0 Å². The van der Waals surface area contributed by atoms with Gasteiger partial charge in [-0.1, -0.05) is 24.3 Å². The van der Waals surface area contributed by atoms with Crippen molar-refractivity contribution in [2.75, 3.05) is 0 Å². The molecule has 2 aromatic rings. The van der Waals surface area contributed by atoms with Gasteiger partial charge in [-0.3, -0.25) is 0 Å². The fraction of sp³-hybridized carbons (Fsp3) is 0.143. The van der Waals surface area contributed by atoms with Gasteiger partial charge in [0, 0.05) is 0 Å². The molecule has 0 saturated carbocycles. The SMILES string of the molecule is Cc1ccccc1-c1cc(O)c(O)cc1C. The third-order valence-corrected chi connectivity index (χ3v) is 2.76. The maximum absolute atomic E-state index is 9.53. The quantitative estimate of drug-likeness (QED) is 0.714. The first kappa shape index (κ1) is 10.6. The summed E-state index contributed by atoms with van der Waals surface area (Å²) in [5.41, 5.74) is 4.13. The van der Waals surface area contributed by atoms with E-state index in [0.29, 0.717) is 0 Å². The Morgan fingerprint density at radius 1 is 0.750 bits per heavy atom. The highest BCUT2D eigenvalue weighted by atomic mass is 16.3. The third-order valence-electron chi connectivity index (χ3n) is 2.76. The zero-order chi connectivity index (χ0) is 11.7. The number of rotatable bonds is 1. The topological polar surface area (TPSA) is 40.5 Å². The van der Waals surface area contributed by atoms with E-state index < -0.39 is 0 Å². The first-order chi connectivity index (χ1) is 7.59. The van der Waals surface area contributed by atoms with Gasteiger partial charge in [-0.25, -0.2) is 0 Å². The van der Waals surface area contributed by atoms with Crippen LogP contribution in [0.15, 0.2) is 36.4 Å². The van der Waals surface area contributed by atoms with Crippen LogP contribution >= 0.6 is 0 Å². The molecule has 0 atom stereocenters. The average Bonchev–Trinajstić information content (AvgIpc) is 2.25. The summed E-state index contributed by atoms with van der Waals surface area (Å²) < 4.78 is 0. The van der Waals surface area contributed by atoms with Gasteiger partial charge in [-0.2, -0.15) is 0 Å². The van der Waals surface area contributed by atoms with E-state index in [1.54, 1.807) is 12.1 Å². The third kappa shape index (κ3) is 1.74. The van der Waals surface area contributed by atoms with Gasteiger partial charge in [0.05, 0.1) is 0 Å². The molecule has 2 rings (SSSR count). The van der Waals surface area contributed by atoms with Crippen molar-refractivity contribution in [3.63, 3.8) is 0 Å². The summed E-state index contributed by atoms with van der Waals surface area (Å²) in [6.07, 6.45) is 0. The molecule has 0 aliphatic carbocycles. The van der Waals surface area contributed by atoms with Crippen LogP contribution in [-0.2, 0) is 0 Å². The lowest BCUT2D eigenvalue weighted by Crippen LogP contribution is -1.86. The van der Waals surface area contributed by atoms with E-state index in [2.05, 4.69) is 0 Å². The van der Waals surface area contributed by atoms with Crippen molar-refractivity contribution in [2.45, 2.75) is 13.8 Å². The van der Waals surface area contributed by atoms with Crippen LogP contribution in [0.5, 0.6) is 11.5 Å². The van der Waals surface area contributed by atoms with Crippen molar-refractivity contribution in [1.29, 1.82) is 0 Å². The van der Waals surface area contributed by atoms with Crippen LogP contribution in [0.25, 0.3) is 11.1 Å². The van der Waals surface area contributed by atoms with Crippen LogP contribution in [-0.4, -0.2) is 10.2 Å². The highest BCUT2D eigenvalue weighted by Crippen LogP contribution is 2.34. The van der Waals surface area contributed by atoms with E-state index in [4.69, 9.17) is 0 Å². The van der Waals surface area contributed by atoms with Gasteiger partial charge in [0.25, 0.3) is 0 Å². The molecule has 0 amide bonds. The monoisotopic (exact) mass is 214 g/mol. The maximum Gasteiger partial charge on any atom is 0.158 e. The van der Waals surface area contributed by atoms with Gasteiger partial charge in [0.15, 0.2) is 11.5 Å². The molecule has 2 aromatic carbocycles. The highest BCUT2D eigenvalue weighted by Gasteiger charge is 2.08. The molecule has 2 N–H and O–H groups in total. The van der Waals surface area contributed by atoms with Crippen molar-refractivity contribution in [3.8, 4) is 22.6 Å². The molecule has 0 unspecified atom stereocenters. The second-order valence-electron chi connectivity index (χ2n) is 3.97. The Hall–Kier alpha value is -1.96. The van der Waals surface area contributed by atoms with Crippen LogP contribution in [0.4, 0.5) is 0 Å². The maximum atomic E-state index is 9.53. The lowest BCUT2D eigenvalue weighted by molar-refractivity contribution is 0.403. The molecule has 16 heavy (non-hydrogen) atoms. The van der Waals surface area contributed by atoms with Crippen molar-refractivity contribution in [3.05, 3.63) is 47.5 Å². The molecular formula is C14H14O2. The smallest absolute Gasteiger partial charge is 0.158 e. The minimum Gasteiger partial charge on any atom is -0.504 e. The van der Waals surface area contributed by atoms with E-state index in [1.807, 2.05) is 38.1 Å². The molecule has 0 aliphatic rings. The molecule has 2 nitrogen and oxygen atoms in total. The van der Waals surface area contributed by atoms with E-state index >= 15 is 0 Å². The van der Waals surface area contributed by atoms with E-state index in [1.165, 1.54) is 0 Å². The lowest BCUT2D eigenvalue weighted by atomic mass is 9.96. The van der Waals surface area contributed by atoms with E-state index in [0.717, 1.165) is 22.3 Å². The average molecular weight is 214 g/mol. The standard InChI is InChI=1S/C14H14O2/c1-9-5-3-4-6-11(9)12-8-14(16)13(15)7-10(12)2/h3-8,15-16H,1-2H3. The molecule has 2 heteroatoms. The number of benzene rings is 2. The van der Waals surface area contributed by atoms with Gasteiger partial charge in [-0.05, 0) is 48.2 Å². The van der Waals surface area contributed by atoms with Crippen LogP contribution < -0.4 is 0 Å². The largest absolute Gasteiger partial charge is 0.504 e. The normalized spacial score (nSPS) is 10.4. The second kappa shape index (κ2) is 3.89. The summed E-state index contributed by atoms with van der Waals surface area (Å²) in [5.74, 6) is -0.154. The molecule has 0 aliphatic heterocycles. The number of phenolic OH excluding ortho intramolecular Hbond substituents is 2. The summed E-state index contributed by atoms with van der Waals surface area (Å²) in [7, 11) is 0. The van der Waals surface area contributed by atoms with Crippen molar-refractivity contribution in [1.82, 2.24) is 0 Å². The Labute approximate surface area is 94.8 Å². The molecular weight excluding hydrogens is 200 g/mol. The van der Waals surface area contributed by atoms with Crippen molar-refractivity contribution >= 4 is 0 Å². The van der Waals surface area contributed by atoms with E-state index in [-0.39, 0.29) is 11.5 Å². The Morgan fingerprint density at radius 2 is 1.38 bits per heavy atom.